The van der Waals surface area contributed by atoms with Crippen molar-refractivity contribution < 1.29 is 48.8 Å². The Bertz CT molecular complexity index is 30.6. The van der Waals surface area contributed by atoms with E-state index in [2.05, 4.69) is 0 Å². The van der Waals surface area contributed by atoms with Gasteiger partial charge in [-0.05, 0) is 0 Å². The predicted molar refractivity (Wildman–Crippen MR) is 9.69 cm³/mol. The fraction of sp³-hybridized carbons (Fsp3) is 0. The van der Waals surface area contributed by atoms with Gasteiger partial charge in [-0.1, -0.05) is 0 Å². The maximum absolute atomic E-state index is 8.40. The molecule has 0 spiro atoms. The molecular formula is HMoO2PV. The summed E-state index contributed by atoms with van der Waals surface area (Å²) in [6.45, 7) is 0. The fourth-order valence-corrected chi connectivity index (χ4v) is 0. The van der Waals surface area contributed by atoms with Gasteiger partial charge in [0.05, 0.1) is 0 Å². The summed E-state index contributed by atoms with van der Waals surface area (Å²) in [5.74, 6) is 0. The third-order valence-electron chi connectivity index (χ3n) is 0. The predicted octanol–water partition coefficient (Wildman–Crippen LogP) is 0.351. The Labute approximate surface area is 57.1 Å². The van der Waals surface area contributed by atoms with E-state index in [9.17, 15) is 0 Å². The van der Waals surface area contributed by atoms with Gasteiger partial charge in [0.1, 0.15) is 0 Å². The Morgan fingerprint density at radius 3 is 1.20 bits per heavy atom. The van der Waals surface area contributed by atoms with E-state index in [1.165, 1.54) is 0 Å². The molecule has 29 valence electrons. The largest absolute Gasteiger partial charge is 0.303 e. The number of hydrogen-bond acceptors (Lipinski definition) is 2. The van der Waals surface area contributed by atoms with Crippen molar-refractivity contribution in [1.29, 1.82) is 0 Å². The minimum Gasteiger partial charge on any atom is -0.241 e. The van der Waals surface area contributed by atoms with Crippen LogP contribution in [0.4, 0.5) is 0 Å². The first kappa shape index (κ1) is 16.4. The van der Waals surface area contributed by atoms with Crippen molar-refractivity contribution in [3.63, 3.8) is 0 Å². The average Bonchev–Trinajstić information content (AvgIpc) is 0.918. The second-order valence-electron chi connectivity index (χ2n) is 0.0833. The van der Waals surface area contributed by atoms with Crippen LogP contribution >= 0.6 is 8.34 Å². The molecule has 0 amide bonds. The van der Waals surface area contributed by atoms with E-state index >= 15 is 0 Å². The van der Waals surface area contributed by atoms with Gasteiger partial charge in [-0.25, -0.2) is 9.13 Å². The minimum atomic E-state index is -1.42. The first-order valence-corrected chi connectivity index (χ1v) is 1.22. The van der Waals surface area contributed by atoms with E-state index in [0.29, 0.717) is 0 Å². The van der Waals surface area contributed by atoms with Gasteiger partial charge in [-0.3, -0.25) is 0 Å². The molecule has 0 saturated carbocycles. The molecule has 0 aromatic carbocycles. The topological polar surface area (TPSA) is 34.1 Å². The van der Waals surface area contributed by atoms with Gasteiger partial charge in [0.2, 0.25) is 0 Å². The first-order valence-electron chi connectivity index (χ1n) is 0.408. The Hall–Kier alpha value is 1.17. The molecule has 0 saturated heterocycles. The van der Waals surface area contributed by atoms with Gasteiger partial charge in [0.25, 0.3) is 0 Å². The Morgan fingerprint density at radius 2 is 1.20 bits per heavy atom. The summed E-state index contributed by atoms with van der Waals surface area (Å²) in [6.07, 6.45) is 0. The molecule has 0 rings (SSSR count). The summed E-state index contributed by atoms with van der Waals surface area (Å²) in [7, 11) is -1.42. The van der Waals surface area contributed by atoms with E-state index in [-0.39, 0.29) is 39.6 Å². The molecule has 0 unspecified atom stereocenters. The van der Waals surface area contributed by atoms with Gasteiger partial charge in [0, 0.05) is 39.6 Å². The molecule has 1 radical (unpaired) electrons. The molecule has 5 heteroatoms. The third kappa shape index (κ3) is 37.9. The van der Waals surface area contributed by atoms with Gasteiger partial charge < -0.3 is 0 Å². The van der Waals surface area contributed by atoms with Crippen molar-refractivity contribution in [3.05, 3.63) is 0 Å². The van der Waals surface area contributed by atoms with Crippen molar-refractivity contribution in [2.24, 2.45) is 0 Å². The zero-order valence-corrected chi connectivity index (χ0v) is 6.58. The molecule has 2 nitrogen and oxygen atoms in total. The molecule has 0 aliphatic carbocycles. The molecule has 0 aromatic heterocycles. The van der Waals surface area contributed by atoms with E-state index in [0.717, 1.165) is 0 Å². The van der Waals surface area contributed by atoms with E-state index in [4.69, 9.17) is 9.13 Å². The standard InChI is InChI=1S/Mo.HO2P.V/c;1-3-2;/h;3H;. The van der Waals surface area contributed by atoms with Crippen LogP contribution in [-0.2, 0) is 48.8 Å². The second-order valence-corrected chi connectivity index (χ2v) is 0.250. The summed E-state index contributed by atoms with van der Waals surface area (Å²) in [5.41, 5.74) is 0. The molecule has 0 bridgehead atoms. The van der Waals surface area contributed by atoms with Crippen molar-refractivity contribution in [1.82, 2.24) is 0 Å². The van der Waals surface area contributed by atoms with Crippen molar-refractivity contribution in [2.45, 2.75) is 0 Å². The Kier molecular flexibility index (Phi) is 62.6. The van der Waals surface area contributed by atoms with Crippen LogP contribution in [0.2, 0.25) is 0 Å². The smallest absolute Gasteiger partial charge is 0.241 e. The minimum absolute atomic E-state index is 0. The molecular weight excluding hydrogens is 210 g/mol. The average molecular weight is 211 g/mol. The summed E-state index contributed by atoms with van der Waals surface area (Å²) in [6, 6.07) is 0. The number of rotatable bonds is 0. The molecule has 0 heterocycles. The van der Waals surface area contributed by atoms with Crippen molar-refractivity contribution in [3.8, 4) is 0 Å². The second kappa shape index (κ2) is 19.1. The molecule has 5 heavy (non-hydrogen) atoms. The quantitative estimate of drug-likeness (QED) is 0.427. The van der Waals surface area contributed by atoms with Crippen LogP contribution in [0.15, 0.2) is 0 Å². The van der Waals surface area contributed by atoms with Gasteiger partial charge in [-0.2, -0.15) is 0 Å². The molecule has 0 N–H and O–H groups in total. The monoisotopic (exact) mass is 213 g/mol. The van der Waals surface area contributed by atoms with Crippen molar-refractivity contribution >= 4 is 8.34 Å². The van der Waals surface area contributed by atoms with Crippen molar-refractivity contribution in [2.75, 3.05) is 0 Å². The van der Waals surface area contributed by atoms with E-state index in [1.807, 2.05) is 0 Å². The zero-order chi connectivity index (χ0) is 2.71. The van der Waals surface area contributed by atoms with Gasteiger partial charge >= 0.3 is 8.34 Å². The third-order valence-corrected chi connectivity index (χ3v) is 0. The van der Waals surface area contributed by atoms with Crippen LogP contribution in [0.5, 0.6) is 0 Å². The molecule has 0 aromatic rings. The molecule has 0 aliphatic heterocycles. The molecule has 0 atom stereocenters. The SMILES string of the molecule is O=[PH]=O.[Mo].[V]. The zero-order valence-electron chi connectivity index (χ0n) is 2.17. The summed E-state index contributed by atoms with van der Waals surface area (Å²) >= 11 is 0. The van der Waals surface area contributed by atoms with E-state index in [1.54, 1.807) is 0 Å². The first-order chi connectivity index (χ1) is 1.41. The van der Waals surface area contributed by atoms with Crippen LogP contribution in [0, 0.1) is 0 Å². The summed E-state index contributed by atoms with van der Waals surface area (Å²) in [5, 5.41) is 0. The maximum atomic E-state index is 8.40. The van der Waals surface area contributed by atoms with Gasteiger partial charge in [0.15, 0.2) is 0 Å². The number of hydrogen-bond donors (Lipinski definition) is 0. The molecule has 0 aliphatic rings. The fourth-order valence-electron chi connectivity index (χ4n) is 0. The molecule has 0 fully saturated rings. The van der Waals surface area contributed by atoms with Crippen LogP contribution < -0.4 is 0 Å². The maximum Gasteiger partial charge on any atom is 0.303 e. The van der Waals surface area contributed by atoms with Crippen LogP contribution in [0.25, 0.3) is 0 Å². The van der Waals surface area contributed by atoms with Crippen LogP contribution in [-0.4, -0.2) is 0 Å². The van der Waals surface area contributed by atoms with Gasteiger partial charge in [-0.15, -0.1) is 0 Å². The Morgan fingerprint density at radius 1 is 1.20 bits per heavy atom. The normalized spacial score (nSPS) is 2.40. The summed E-state index contributed by atoms with van der Waals surface area (Å²) < 4.78 is 16.8. The Balaban J connectivity index is -0.0000000200. The van der Waals surface area contributed by atoms with E-state index < -0.39 is 8.34 Å². The van der Waals surface area contributed by atoms with Crippen LogP contribution in [0.1, 0.15) is 0 Å². The van der Waals surface area contributed by atoms with Crippen LogP contribution in [0.3, 0.4) is 0 Å². The summed E-state index contributed by atoms with van der Waals surface area (Å²) in [4.78, 5) is 0.